The third-order valence-electron chi connectivity index (χ3n) is 4.57. The number of carbonyl (C=O) groups excluding carboxylic acids is 2. The van der Waals surface area contributed by atoms with Gasteiger partial charge in [0.05, 0.1) is 6.42 Å². The predicted octanol–water partition coefficient (Wildman–Crippen LogP) is 5.52. The van der Waals surface area contributed by atoms with Gasteiger partial charge in [-0.2, -0.15) is 0 Å². The number of nitrogens with one attached hydrogen (secondary N) is 1. The van der Waals surface area contributed by atoms with Crippen LogP contribution in [-0.4, -0.2) is 29.3 Å². The van der Waals surface area contributed by atoms with Crippen molar-refractivity contribution in [2.45, 2.75) is 45.7 Å². The quantitative estimate of drug-likeness (QED) is 0.541. The second kappa shape index (κ2) is 11.4. The minimum Gasteiger partial charge on any atom is -0.354 e. The van der Waals surface area contributed by atoms with E-state index in [1.807, 2.05) is 19.9 Å². The van der Waals surface area contributed by atoms with Crippen molar-refractivity contribution in [3.05, 3.63) is 68.7 Å². The van der Waals surface area contributed by atoms with E-state index < -0.39 is 6.04 Å². The van der Waals surface area contributed by atoms with Crippen LogP contribution in [0.2, 0.25) is 15.1 Å². The third-order valence-corrected chi connectivity index (χ3v) is 5.51. The molecule has 7 heteroatoms. The molecule has 2 amide bonds. The van der Waals surface area contributed by atoms with Gasteiger partial charge in [-0.3, -0.25) is 9.59 Å². The highest BCUT2D eigenvalue weighted by atomic mass is 35.5. The van der Waals surface area contributed by atoms with Gasteiger partial charge < -0.3 is 10.2 Å². The first kappa shape index (κ1) is 23.5. The Hall–Kier alpha value is -1.75. The van der Waals surface area contributed by atoms with Crippen molar-refractivity contribution >= 4 is 46.6 Å². The van der Waals surface area contributed by atoms with Crippen LogP contribution in [0.5, 0.6) is 0 Å². The Balaban J connectivity index is 2.35. The molecule has 0 saturated carbocycles. The molecular weight excluding hydrogens is 431 g/mol. The van der Waals surface area contributed by atoms with Gasteiger partial charge in [-0.15, -0.1) is 0 Å². The monoisotopic (exact) mass is 454 g/mol. The van der Waals surface area contributed by atoms with Crippen molar-refractivity contribution in [1.82, 2.24) is 10.2 Å². The molecule has 0 unspecified atom stereocenters. The maximum atomic E-state index is 13.2. The summed E-state index contributed by atoms with van der Waals surface area (Å²) in [4.78, 5) is 27.6. The summed E-state index contributed by atoms with van der Waals surface area (Å²) < 4.78 is 0. The molecule has 1 atom stereocenters. The Labute approximate surface area is 187 Å². The smallest absolute Gasteiger partial charge is 0.242 e. The van der Waals surface area contributed by atoms with Crippen LogP contribution in [0.3, 0.4) is 0 Å². The van der Waals surface area contributed by atoms with Crippen molar-refractivity contribution in [2.24, 2.45) is 0 Å². The van der Waals surface area contributed by atoms with E-state index in [1.165, 1.54) is 0 Å². The van der Waals surface area contributed by atoms with E-state index in [0.29, 0.717) is 33.6 Å². The van der Waals surface area contributed by atoms with Crippen LogP contribution in [-0.2, 0) is 22.6 Å². The average Bonchev–Trinajstić information content (AvgIpc) is 2.68. The van der Waals surface area contributed by atoms with Gasteiger partial charge in [0.25, 0.3) is 0 Å². The first-order valence-corrected chi connectivity index (χ1v) is 10.7. The van der Waals surface area contributed by atoms with Gasteiger partial charge in [0.1, 0.15) is 6.04 Å². The standard InChI is InChI=1S/C22H25Cl3N2O2/c1-3-11-26-22(29)20(4-2)27(14-17-18(24)9-6-10-19(17)25)21(28)13-15-7-5-8-16(23)12-15/h5-10,12,20H,3-4,11,13-14H2,1-2H3,(H,26,29)/t20-/m1/s1. The largest absolute Gasteiger partial charge is 0.354 e. The summed E-state index contributed by atoms with van der Waals surface area (Å²) in [5.74, 6) is -0.376. The molecule has 1 N–H and O–H groups in total. The third kappa shape index (κ3) is 6.63. The lowest BCUT2D eigenvalue weighted by molar-refractivity contribution is -0.140. The van der Waals surface area contributed by atoms with Gasteiger partial charge in [0.15, 0.2) is 0 Å². The van der Waals surface area contributed by atoms with E-state index in [-0.39, 0.29) is 24.8 Å². The molecule has 2 rings (SSSR count). The number of benzene rings is 2. The SMILES string of the molecule is CCCNC(=O)[C@@H](CC)N(Cc1c(Cl)cccc1Cl)C(=O)Cc1cccc(Cl)c1. The van der Waals surface area contributed by atoms with Crippen molar-refractivity contribution in [3.63, 3.8) is 0 Å². The molecule has 0 aliphatic heterocycles. The van der Waals surface area contributed by atoms with Crippen LogP contribution in [0.1, 0.15) is 37.8 Å². The van der Waals surface area contributed by atoms with Crippen LogP contribution < -0.4 is 5.32 Å². The van der Waals surface area contributed by atoms with Gasteiger partial charge in [-0.1, -0.05) is 66.8 Å². The second-order valence-electron chi connectivity index (χ2n) is 6.74. The molecule has 0 fully saturated rings. The topological polar surface area (TPSA) is 49.4 Å². The second-order valence-corrected chi connectivity index (χ2v) is 7.99. The highest BCUT2D eigenvalue weighted by molar-refractivity contribution is 6.36. The first-order chi connectivity index (χ1) is 13.9. The summed E-state index contributed by atoms with van der Waals surface area (Å²) in [6, 6.07) is 11.7. The van der Waals surface area contributed by atoms with Crippen LogP contribution in [0.15, 0.2) is 42.5 Å². The fourth-order valence-corrected chi connectivity index (χ4v) is 3.79. The molecule has 0 saturated heterocycles. The number of nitrogens with zero attached hydrogens (tertiary/aromatic N) is 1. The van der Waals surface area contributed by atoms with E-state index in [9.17, 15) is 9.59 Å². The molecule has 2 aromatic rings. The lowest BCUT2D eigenvalue weighted by Crippen LogP contribution is -2.49. The lowest BCUT2D eigenvalue weighted by atomic mass is 10.1. The summed E-state index contributed by atoms with van der Waals surface area (Å²) in [7, 11) is 0. The normalized spacial score (nSPS) is 11.8. The summed E-state index contributed by atoms with van der Waals surface area (Å²) in [6.07, 6.45) is 1.41. The number of hydrogen-bond acceptors (Lipinski definition) is 2. The molecule has 29 heavy (non-hydrogen) atoms. The lowest BCUT2D eigenvalue weighted by Gasteiger charge is -2.31. The van der Waals surface area contributed by atoms with Crippen molar-refractivity contribution in [1.29, 1.82) is 0 Å². The number of hydrogen-bond donors (Lipinski definition) is 1. The Morgan fingerprint density at radius 2 is 1.69 bits per heavy atom. The van der Waals surface area contributed by atoms with Crippen LogP contribution in [0.4, 0.5) is 0 Å². The van der Waals surface area contributed by atoms with E-state index in [0.717, 1.165) is 12.0 Å². The molecule has 0 heterocycles. The Morgan fingerprint density at radius 1 is 1.03 bits per heavy atom. The van der Waals surface area contributed by atoms with Crippen molar-refractivity contribution < 1.29 is 9.59 Å². The number of halogens is 3. The Bertz CT molecular complexity index is 837. The van der Waals surface area contributed by atoms with Gasteiger partial charge in [-0.25, -0.2) is 0 Å². The zero-order chi connectivity index (χ0) is 21.4. The molecule has 0 aromatic heterocycles. The summed E-state index contributed by atoms with van der Waals surface area (Å²) in [6.45, 7) is 4.56. The minimum atomic E-state index is -0.624. The molecule has 2 aromatic carbocycles. The first-order valence-electron chi connectivity index (χ1n) is 9.61. The number of rotatable bonds is 9. The maximum absolute atomic E-state index is 13.2. The van der Waals surface area contributed by atoms with E-state index >= 15 is 0 Å². The zero-order valence-corrected chi connectivity index (χ0v) is 18.8. The molecular formula is C22H25Cl3N2O2. The zero-order valence-electron chi connectivity index (χ0n) is 16.6. The molecule has 0 spiro atoms. The number of carbonyl (C=O) groups is 2. The van der Waals surface area contributed by atoms with E-state index in [4.69, 9.17) is 34.8 Å². The van der Waals surface area contributed by atoms with Gasteiger partial charge in [0, 0.05) is 33.7 Å². The highest BCUT2D eigenvalue weighted by Gasteiger charge is 2.29. The fraction of sp³-hybridized carbons (Fsp3) is 0.364. The maximum Gasteiger partial charge on any atom is 0.242 e. The average molecular weight is 456 g/mol. The van der Waals surface area contributed by atoms with Crippen LogP contribution >= 0.6 is 34.8 Å². The molecule has 156 valence electrons. The minimum absolute atomic E-state index is 0.125. The highest BCUT2D eigenvalue weighted by Crippen LogP contribution is 2.27. The van der Waals surface area contributed by atoms with Crippen molar-refractivity contribution in [3.8, 4) is 0 Å². The van der Waals surface area contributed by atoms with Crippen LogP contribution in [0.25, 0.3) is 0 Å². The van der Waals surface area contributed by atoms with E-state index in [1.54, 1.807) is 41.3 Å². The van der Waals surface area contributed by atoms with Crippen molar-refractivity contribution in [2.75, 3.05) is 6.54 Å². The predicted molar refractivity (Wildman–Crippen MR) is 120 cm³/mol. The molecule has 0 bridgehead atoms. The van der Waals surface area contributed by atoms with Gasteiger partial charge in [-0.05, 0) is 42.7 Å². The number of amides is 2. The van der Waals surface area contributed by atoms with Crippen LogP contribution in [0, 0.1) is 0 Å². The Kier molecular flexibility index (Phi) is 9.28. The fourth-order valence-electron chi connectivity index (χ4n) is 3.06. The molecule has 0 aliphatic carbocycles. The molecule has 0 aliphatic rings. The molecule has 0 radical (unpaired) electrons. The van der Waals surface area contributed by atoms with Gasteiger partial charge >= 0.3 is 0 Å². The molecule has 4 nitrogen and oxygen atoms in total. The Morgan fingerprint density at radius 3 is 2.28 bits per heavy atom. The summed E-state index contributed by atoms with van der Waals surface area (Å²) >= 11 is 18.7. The summed E-state index contributed by atoms with van der Waals surface area (Å²) in [5.41, 5.74) is 1.40. The summed E-state index contributed by atoms with van der Waals surface area (Å²) in [5, 5.41) is 4.37. The van der Waals surface area contributed by atoms with E-state index in [2.05, 4.69) is 5.32 Å². The van der Waals surface area contributed by atoms with Gasteiger partial charge in [0.2, 0.25) is 11.8 Å².